The van der Waals surface area contributed by atoms with E-state index in [9.17, 15) is 9.59 Å². The predicted octanol–water partition coefficient (Wildman–Crippen LogP) is 5.72. The fourth-order valence-electron chi connectivity index (χ4n) is 3.51. The minimum absolute atomic E-state index is 0.213. The Kier molecular flexibility index (Phi) is 5.58. The van der Waals surface area contributed by atoms with E-state index in [1.807, 2.05) is 36.4 Å². The molecule has 0 saturated heterocycles. The Bertz CT molecular complexity index is 1340. The van der Waals surface area contributed by atoms with Crippen LogP contribution in [0.1, 0.15) is 17.3 Å². The van der Waals surface area contributed by atoms with Gasteiger partial charge in [-0.1, -0.05) is 60.1 Å². The standard InChI is InChI=1S/C25H17ClN4O2S/c1-16-21(24(32)29(27-16)19-10-6-3-7-11-19)25-30(20-14-12-18(26)13-15-20)28-23(33-25)22(31)17-8-4-2-5-9-17/h2-15H,1H3/b25-21+. The number of para-hydroxylation sites is 1. The van der Waals surface area contributed by atoms with E-state index >= 15 is 0 Å². The quantitative estimate of drug-likeness (QED) is 0.359. The van der Waals surface area contributed by atoms with Crippen molar-refractivity contribution in [2.24, 2.45) is 10.2 Å². The number of rotatable bonds is 4. The zero-order valence-corrected chi connectivity index (χ0v) is 19.0. The van der Waals surface area contributed by atoms with Crippen molar-refractivity contribution < 1.29 is 9.59 Å². The lowest BCUT2D eigenvalue weighted by atomic mass is 10.1. The number of nitrogens with zero attached hydrogens (tertiary/aromatic N) is 4. The Balaban J connectivity index is 1.59. The highest BCUT2D eigenvalue weighted by Crippen LogP contribution is 2.40. The Morgan fingerprint density at radius 3 is 2.09 bits per heavy atom. The second kappa shape index (κ2) is 8.69. The summed E-state index contributed by atoms with van der Waals surface area (Å²) in [6, 6.07) is 25.2. The molecular formula is C25H17ClN4O2S. The summed E-state index contributed by atoms with van der Waals surface area (Å²) in [6.07, 6.45) is 0. The van der Waals surface area contributed by atoms with E-state index in [0.29, 0.717) is 38.3 Å². The molecule has 1 amide bonds. The molecule has 0 bridgehead atoms. The second-order valence-corrected chi connectivity index (χ2v) is 8.72. The number of benzene rings is 3. The van der Waals surface area contributed by atoms with Crippen LogP contribution in [0.5, 0.6) is 0 Å². The zero-order valence-electron chi connectivity index (χ0n) is 17.5. The highest BCUT2D eigenvalue weighted by Gasteiger charge is 2.38. The molecule has 162 valence electrons. The van der Waals surface area contributed by atoms with Crippen molar-refractivity contribution in [3.63, 3.8) is 0 Å². The first-order chi connectivity index (χ1) is 16.0. The van der Waals surface area contributed by atoms with E-state index in [1.165, 1.54) is 16.8 Å². The molecule has 2 aliphatic heterocycles. The number of ketones is 1. The van der Waals surface area contributed by atoms with E-state index in [0.717, 1.165) is 0 Å². The molecule has 3 aromatic rings. The third-order valence-corrected chi connectivity index (χ3v) is 6.39. The van der Waals surface area contributed by atoms with Gasteiger partial charge in [-0.05, 0) is 55.1 Å². The van der Waals surface area contributed by atoms with Crippen molar-refractivity contribution >= 4 is 57.2 Å². The number of hydrazone groups is 2. The summed E-state index contributed by atoms with van der Waals surface area (Å²) in [5, 5.41) is 13.4. The van der Waals surface area contributed by atoms with Crippen molar-refractivity contribution in [1.29, 1.82) is 0 Å². The maximum Gasteiger partial charge on any atom is 0.283 e. The average Bonchev–Trinajstić information content (AvgIpc) is 3.40. The molecule has 8 heteroatoms. The van der Waals surface area contributed by atoms with Crippen LogP contribution >= 0.6 is 23.4 Å². The lowest BCUT2D eigenvalue weighted by Crippen LogP contribution is -2.24. The van der Waals surface area contributed by atoms with Crippen molar-refractivity contribution in [2.45, 2.75) is 6.92 Å². The fraction of sp³-hybridized carbons (Fsp3) is 0.0400. The summed E-state index contributed by atoms with van der Waals surface area (Å²) in [4.78, 5) is 26.6. The van der Waals surface area contributed by atoms with E-state index in [4.69, 9.17) is 11.6 Å². The number of Topliss-reactive ketones (excluding diaryl/α,β-unsaturated/α-hetero) is 1. The van der Waals surface area contributed by atoms with Gasteiger partial charge in [-0.25, -0.2) is 5.01 Å². The molecule has 2 aliphatic rings. The largest absolute Gasteiger partial charge is 0.286 e. The first-order valence-electron chi connectivity index (χ1n) is 10.1. The molecule has 0 unspecified atom stereocenters. The van der Waals surface area contributed by atoms with Crippen LogP contribution in [0.15, 0.2) is 106 Å². The van der Waals surface area contributed by atoms with Gasteiger partial charge in [-0.15, -0.1) is 0 Å². The Morgan fingerprint density at radius 1 is 0.818 bits per heavy atom. The monoisotopic (exact) mass is 472 g/mol. The van der Waals surface area contributed by atoms with Gasteiger partial charge < -0.3 is 0 Å². The normalized spacial score (nSPS) is 17.9. The maximum absolute atomic E-state index is 13.4. The molecule has 0 aliphatic carbocycles. The molecule has 0 fully saturated rings. The Hall–Kier alpha value is -3.68. The molecular weight excluding hydrogens is 456 g/mol. The Labute approximate surface area is 199 Å². The van der Waals surface area contributed by atoms with Crippen molar-refractivity contribution in [2.75, 3.05) is 10.0 Å². The first kappa shape index (κ1) is 21.2. The van der Waals surface area contributed by atoms with Gasteiger partial charge in [0.05, 0.1) is 22.7 Å². The van der Waals surface area contributed by atoms with E-state index in [2.05, 4.69) is 10.2 Å². The van der Waals surface area contributed by atoms with Crippen molar-refractivity contribution in [3.05, 3.63) is 106 Å². The summed E-state index contributed by atoms with van der Waals surface area (Å²) in [5.41, 5.74) is 2.83. The Morgan fingerprint density at radius 2 is 1.42 bits per heavy atom. The number of amides is 1. The van der Waals surface area contributed by atoms with Gasteiger partial charge in [0.1, 0.15) is 5.03 Å². The molecule has 0 radical (unpaired) electrons. The summed E-state index contributed by atoms with van der Waals surface area (Å²) in [6.45, 7) is 1.78. The van der Waals surface area contributed by atoms with Crippen LogP contribution in [0.2, 0.25) is 5.02 Å². The minimum Gasteiger partial charge on any atom is -0.286 e. The topological polar surface area (TPSA) is 65.3 Å². The van der Waals surface area contributed by atoms with Crippen molar-refractivity contribution in [3.8, 4) is 0 Å². The number of halogens is 1. The van der Waals surface area contributed by atoms with Gasteiger partial charge in [0.2, 0.25) is 5.78 Å². The predicted molar refractivity (Wildman–Crippen MR) is 134 cm³/mol. The zero-order chi connectivity index (χ0) is 22.9. The van der Waals surface area contributed by atoms with Crippen LogP contribution < -0.4 is 10.0 Å². The summed E-state index contributed by atoms with van der Waals surface area (Å²) < 4.78 is 0. The van der Waals surface area contributed by atoms with E-state index in [-0.39, 0.29) is 16.7 Å². The van der Waals surface area contributed by atoms with E-state index in [1.54, 1.807) is 60.5 Å². The number of anilines is 2. The molecule has 3 aromatic carbocycles. The number of carbonyl (C=O) groups is 2. The van der Waals surface area contributed by atoms with Gasteiger partial charge >= 0.3 is 0 Å². The molecule has 0 N–H and O–H groups in total. The van der Waals surface area contributed by atoms with Gasteiger partial charge in [0, 0.05) is 10.6 Å². The highest BCUT2D eigenvalue weighted by molar-refractivity contribution is 8.19. The summed E-state index contributed by atoms with van der Waals surface area (Å²) in [7, 11) is 0. The molecule has 33 heavy (non-hydrogen) atoms. The summed E-state index contributed by atoms with van der Waals surface area (Å²) >= 11 is 7.24. The molecule has 5 rings (SSSR count). The first-order valence-corrected chi connectivity index (χ1v) is 11.3. The van der Waals surface area contributed by atoms with Crippen molar-refractivity contribution in [1.82, 2.24) is 0 Å². The van der Waals surface area contributed by atoms with Crippen LogP contribution in [-0.2, 0) is 4.79 Å². The third kappa shape index (κ3) is 3.97. The SMILES string of the molecule is CC1=NN(c2ccccc2)C(=O)/C1=C1/SC(C(=O)c2ccccc2)=NN1c1ccc(Cl)cc1. The van der Waals surface area contributed by atoms with Crippen LogP contribution in [0.25, 0.3) is 0 Å². The van der Waals surface area contributed by atoms with Crippen LogP contribution in [0, 0.1) is 0 Å². The van der Waals surface area contributed by atoms with Gasteiger partial charge in [-0.3, -0.25) is 9.59 Å². The second-order valence-electron chi connectivity index (χ2n) is 7.31. The van der Waals surface area contributed by atoms with Gasteiger partial charge in [-0.2, -0.15) is 15.2 Å². The molecule has 0 aromatic heterocycles. The molecule has 0 atom stereocenters. The molecule has 0 spiro atoms. The number of thioether (sulfide) groups is 1. The fourth-order valence-corrected chi connectivity index (χ4v) is 4.72. The van der Waals surface area contributed by atoms with Gasteiger partial charge in [0.15, 0.2) is 5.04 Å². The van der Waals surface area contributed by atoms with Gasteiger partial charge in [0.25, 0.3) is 5.91 Å². The molecule has 6 nitrogen and oxygen atoms in total. The number of carbonyl (C=O) groups excluding carboxylic acids is 2. The molecule has 2 heterocycles. The smallest absolute Gasteiger partial charge is 0.283 e. The average molecular weight is 473 g/mol. The van der Waals surface area contributed by atoms with E-state index < -0.39 is 0 Å². The highest BCUT2D eigenvalue weighted by atomic mass is 35.5. The minimum atomic E-state index is -0.274. The number of hydrogen-bond donors (Lipinski definition) is 0. The van der Waals surface area contributed by atoms with Crippen LogP contribution in [0.3, 0.4) is 0 Å². The molecule has 0 saturated carbocycles. The lowest BCUT2D eigenvalue weighted by molar-refractivity contribution is -0.114. The third-order valence-electron chi connectivity index (χ3n) is 5.11. The number of hydrogen-bond acceptors (Lipinski definition) is 6. The van der Waals surface area contributed by atoms with Crippen LogP contribution in [0.4, 0.5) is 11.4 Å². The summed E-state index contributed by atoms with van der Waals surface area (Å²) in [5.74, 6) is -0.487. The lowest BCUT2D eigenvalue weighted by Gasteiger charge is -2.18. The van der Waals surface area contributed by atoms with Crippen LogP contribution in [-0.4, -0.2) is 22.4 Å². The maximum atomic E-state index is 13.4.